The van der Waals surface area contributed by atoms with Crippen molar-refractivity contribution in [1.29, 1.82) is 0 Å². The molecule has 31 heavy (non-hydrogen) atoms. The third-order valence-electron chi connectivity index (χ3n) is 5.09. The summed E-state index contributed by atoms with van der Waals surface area (Å²) in [6.07, 6.45) is 2.62. The molecule has 0 aliphatic heterocycles. The molecule has 0 spiro atoms. The summed E-state index contributed by atoms with van der Waals surface area (Å²) < 4.78 is 0. The maximum atomic E-state index is 11.6. The average Bonchev–Trinajstić information content (AvgIpc) is 3.15. The third kappa shape index (κ3) is 8.06. The molecule has 174 valence electrons. The number of aldehydes is 1. The van der Waals surface area contributed by atoms with Crippen LogP contribution in [-0.2, 0) is 12.0 Å². The van der Waals surface area contributed by atoms with Crippen molar-refractivity contribution in [2.24, 2.45) is 11.8 Å². The Bertz CT molecular complexity index is 777. The zero-order valence-electron chi connectivity index (χ0n) is 20.0. The van der Waals surface area contributed by atoms with Crippen LogP contribution >= 0.6 is 0 Å². The van der Waals surface area contributed by atoms with E-state index in [2.05, 4.69) is 26.0 Å². The molecule has 2 aromatic rings. The van der Waals surface area contributed by atoms with Gasteiger partial charge in [-0.15, -0.1) is 0 Å². The van der Waals surface area contributed by atoms with Crippen LogP contribution in [0.3, 0.4) is 0 Å². The summed E-state index contributed by atoms with van der Waals surface area (Å²) in [6.45, 7) is 15.8. The molecule has 0 aromatic heterocycles. The second-order valence-corrected chi connectivity index (χ2v) is 7.46. The van der Waals surface area contributed by atoms with Gasteiger partial charge in [0.25, 0.3) is 0 Å². The van der Waals surface area contributed by atoms with Crippen LogP contribution in [0.25, 0.3) is 0 Å². The first kappa shape index (κ1) is 30.9. The molecule has 1 atom stereocenters. The summed E-state index contributed by atoms with van der Waals surface area (Å²) in [5.41, 5.74) is 2.88. The first-order valence-corrected chi connectivity index (χ1v) is 11.2. The molecule has 3 heteroatoms. The highest BCUT2D eigenvalue weighted by molar-refractivity contribution is 6.03. The van der Waals surface area contributed by atoms with E-state index in [1.54, 1.807) is 24.3 Å². The fourth-order valence-electron chi connectivity index (χ4n) is 3.36. The van der Waals surface area contributed by atoms with E-state index in [9.17, 15) is 14.7 Å². The lowest BCUT2D eigenvalue weighted by atomic mass is 9.85. The zero-order chi connectivity index (χ0) is 23.3. The molecule has 1 N–H and O–H groups in total. The van der Waals surface area contributed by atoms with E-state index < -0.39 is 5.60 Å². The molecule has 0 radical (unpaired) electrons. The Kier molecular flexibility index (Phi) is 15.5. The molecule has 3 nitrogen and oxygen atoms in total. The lowest BCUT2D eigenvalue weighted by molar-refractivity contribution is -0.00818. The molecular weight excluding hydrogens is 384 g/mol. The van der Waals surface area contributed by atoms with Crippen molar-refractivity contribution in [3.05, 3.63) is 70.8 Å². The van der Waals surface area contributed by atoms with E-state index in [4.69, 9.17) is 0 Å². The average molecular weight is 429 g/mol. The van der Waals surface area contributed by atoms with E-state index >= 15 is 0 Å². The highest BCUT2D eigenvalue weighted by Gasteiger charge is 2.38. The first-order chi connectivity index (χ1) is 14.3. The predicted molar refractivity (Wildman–Crippen MR) is 134 cm³/mol. The standard InChI is InChI=1S/C12H16O.C11H12O2.2C2H6.CH4/c1-9(2)12(13)8-7-10-5-3-4-6-11(10)12;1-8(2)11(13)10-6-4-3-5-9(10)7-12;2*1-2;/h3-6,9,13H,7-8H2,1-2H3;3-8H,1-2H3;2*1-2H3;1H4. The van der Waals surface area contributed by atoms with Crippen molar-refractivity contribution < 1.29 is 14.7 Å². The van der Waals surface area contributed by atoms with E-state index in [1.165, 1.54) is 5.56 Å². The summed E-state index contributed by atoms with van der Waals surface area (Å²) >= 11 is 0. The van der Waals surface area contributed by atoms with E-state index in [0.29, 0.717) is 17.0 Å². The Labute approximate surface area is 190 Å². The van der Waals surface area contributed by atoms with Gasteiger partial charge in [0, 0.05) is 17.0 Å². The normalized spacial score (nSPS) is 15.7. The maximum absolute atomic E-state index is 11.6. The second-order valence-electron chi connectivity index (χ2n) is 7.46. The Morgan fingerprint density at radius 1 is 0.935 bits per heavy atom. The van der Waals surface area contributed by atoms with Crippen LogP contribution in [-0.4, -0.2) is 17.2 Å². The summed E-state index contributed by atoms with van der Waals surface area (Å²) in [4.78, 5) is 22.2. The lowest BCUT2D eigenvalue weighted by Crippen LogP contribution is -2.28. The smallest absolute Gasteiger partial charge is 0.166 e. The lowest BCUT2D eigenvalue weighted by Gasteiger charge is -2.28. The van der Waals surface area contributed by atoms with Crippen LogP contribution in [0.1, 0.15) is 101 Å². The number of aliphatic hydroxyl groups is 1. The van der Waals surface area contributed by atoms with Crippen LogP contribution in [0.4, 0.5) is 0 Å². The molecule has 2 aromatic carbocycles. The first-order valence-electron chi connectivity index (χ1n) is 11.2. The SMILES string of the molecule is C.CC.CC.CC(C)C(=O)c1ccccc1C=O.CC(C)C1(O)CCc2ccccc21. The van der Waals surface area contributed by atoms with E-state index in [0.717, 1.165) is 24.7 Å². The molecule has 0 amide bonds. The number of carbonyl (C=O) groups is 2. The molecule has 3 rings (SSSR count). The molecule has 0 saturated heterocycles. The van der Waals surface area contributed by atoms with Crippen molar-refractivity contribution in [3.8, 4) is 0 Å². The predicted octanol–water partition coefficient (Wildman–Crippen LogP) is 7.50. The van der Waals surface area contributed by atoms with Gasteiger partial charge in [-0.1, -0.05) is 111 Å². The van der Waals surface area contributed by atoms with Gasteiger partial charge in [0.2, 0.25) is 0 Å². The summed E-state index contributed by atoms with van der Waals surface area (Å²) in [6, 6.07) is 15.1. The van der Waals surface area contributed by atoms with E-state index in [1.807, 2.05) is 53.7 Å². The molecule has 1 unspecified atom stereocenters. The molecule has 0 saturated carbocycles. The van der Waals surface area contributed by atoms with Gasteiger partial charge in [-0.2, -0.15) is 0 Å². The number of fused-ring (bicyclic) bond motifs is 1. The minimum atomic E-state index is -0.573. The van der Waals surface area contributed by atoms with Gasteiger partial charge in [-0.3, -0.25) is 9.59 Å². The third-order valence-corrected chi connectivity index (χ3v) is 5.09. The van der Waals surface area contributed by atoms with Gasteiger partial charge in [0.15, 0.2) is 12.1 Å². The fraction of sp³-hybridized carbons (Fsp3) is 0.500. The fourth-order valence-corrected chi connectivity index (χ4v) is 3.36. The van der Waals surface area contributed by atoms with Gasteiger partial charge >= 0.3 is 0 Å². The highest BCUT2D eigenvalue weighted by Crippen LogP contribution is 2.41. The molecule has 1 aliphatic carbocycles. The Morgan fingerprint density at radius 3 is 1.97 bits per heavy atom. The maximum Gasteiger partial charge on any atom is 0.166 e. The monoisotopic (exact) mass is 428 g/mol. The zero-order valence-corrected chi connectivity index (χ0v) is 20.0. The summed E-state index contributed by atoms with van der Waals surface area (Å²) in [5.74, 6) is 0.250. The van der Waals surface area contributed by atoms with Gasteiger partial charge < -0.3 is 5.11 Å². The molecule has 0 bridgehead atoms. The quantitative estimate of drug-likeness (QED) is 0.405. The number of aryl methyl sites for hydroxylation is 1. The number of rotatable bonds is 4. The minimum Gasteiger partial charge on any atom is -0.385 e. The molecular formula is C28H44O3. The van der Waals surface area contributed by atoms with Gasteiger partial charge in [0.05, 0.1) is 5.60 Å². The summed E-state index contributed by atoms with van der Waals surface area (Å²) in [5, 5.41) is 10.4. The van der Waals surface area contributed by atoms with Crippen molar-refractivity contribution >= 4 is 12.1 Å². The van der Waals surface area contributed by atoms with Crippen LogP contribution in [0.5, 0.6) is 0 Å². The van der Waals surface area contributed by atoms with Crippen LogP contribution in [0.2, 0.25) is 0 Å². The second kappa shape index (κ2) is 15.5. The van der Waals surface area contributed by atoms with Gasteiger partial charge in [0.1, 0.15) is 0 Å². The number of hydrogen-bond acceptors (Lipinski definition) is 3. The van der Waals surface area contributed by atoms with Crippen molar-refractivity contribution in [1.82, 2.24) is 0 Å². The number of hydrogen-bond donors (Lipinski definition) is 1. The van der Waals surface area contributed by atoms with Gasteiger partial charge in [-0.25, -0.2) is 0 Å². The van der Waals surface area contributed by atoms with Crippen molar-refractivity contribution in [2.75, 3.05) is 0 Å². The van der Waals surface area contributed by atoms with Crippen LogP contribution in [0, 0.1) is 11.8 Å². The van der Waals surface area contributed by atoms with Crippen LogP contribution in [0.15, 0.2) is 48.5 Å². The van der Waals surface area contributed by atoms with Crippen molar-refractivity contribution in [3.63, 3.8) is 0 Å². The number of benzene rings is 2. The Morgan fingerprint density at radius 2 is 1.45 bits per heavy atom. The highest BCUT2D eigenvalue weighted by atomic mass is 16.3. The number of Topliss-reactive ketones (excluding diaryl/α,β-unsaturated/α-hetero) is 1. The molecule has 1 aliphatic rings. The topological polar surface area (TPSA) is 54.4 Å². The Hall–Kier alpha value is -2.26. The van der Waals surface area contributed by atoms with Crippen molar-refractivity contribution in [2.45, 2.75) is 81.3 Å². The number of carbonyl (C=O) groups excluding carboxylic acids is 2. The molecule has 0 heterocycles. The van der Waals surface area contributed by atoms with Gasteiger partial charge in [-0.05, 0) is 29.9 Å². The van der Waals surface area contributed by atoms with Crippen LogP contribution < -0.4 is 0 Å². The van der Waals surface area contributed by atoms with E-state index in [-0.39, 0.29) is 19.1 Å². The Balaban J connectivity index is 0. The number of ketones is 1. The molecule has 0 fully saturated rings. The largest absolute Gasteiger partial charge is 0.385 e. The minimum absolute atomic E-state index is 0. The summed E-state index contributed by atoms with van der Waals surface area (Å²) in [7, 11) is 0.